The van der Waals surface area contributed by atoms with Gasteiger partial charge < -0.3 is 15.7 Å². The Kier molecular flexibility index (Phi) is 9.51. The van der Waals surface area contributed by atoms with Crippen LogP contribution in [0.2, 0.25) is 0 Å². The molecule has 0 saturated carbocycles. The molecule has 1 aliphatic rings. The number of carbonyl (C=O) groups is 1. The fourth-order valence-electron chi connectivity index (χ4n) is 5.45. The Labute approximate surface area is 255 Å². The standard InChI is InChI=1S/C31H36F3N5O4S/c1-2-38-27-16-23(17-28(25(27)19-36-38)39-12-7-13-44(39,42)43)30(41)37-26(15-21-8-4-3-5-9-21)29(40)20-35-18-22-10-6-11-24(14-22)31(32,33)34/h3-6,8-11,14,16-17,19,26,29,35,40,42-43H,2,7,12-13,15,18,20H2,1H3,(H,37,41)/t26-,29-/m0/s1. The van der Waals surface area contributed by atoms with Gasteiger partial charge in [-0.1, -0.05) is 48.5 Å². The van der Waals surface area contributed by atoms with Gasteiger partial charge in [0, 0.05) is 37.1 Å². The number of benzene rings is 3. The number of anilines is 1. The van der Waals surface area contributed by atoms with E-state index in [1.54, 1.807) is 33.4 Å². The minimum Gasteiger partial charge on any atom is -0.390 e. The molecule has 44 heavy (non-hydrogen) atoms. The number of aliphatic hydroxyl groups is 1. The van der Waals surface area contributed by atoms with E-state index in [0.717, 1.165) is 17.7 Å². The van der Waals surface area contributed by atoms with Gasteiger partial charge in [0.1, 0.15) is 0 Å². The van der Waals surface area contributed by atoms with E-state index in [4.69, 9.17) is 0 Å². The second kappa shape index (κ2) is 13.2. The van der Waals surface area contributed by atoms with Crippen LogP contribution in [0.25, 0.3) is 10.9 Å². The van der Waals surface area contributed by atoms with Crippen LogP contribution in [0.5, 0.6) is 0 Å². The molecule has 1 aliphatic heterocycles. The van der Waals surface area contributed by atoms with Gasteiger partial charge in [-0.15, -0.1) is 10.8 Å². The van der Waals surface area contributed by atoms with Gasteiger partial charge in [0.25, 0.3) is 5.91 Å². The van der Waals surface area contributed by atoms with E-state index in [2.05, 4.69) is 15.7 Å². The number of rotatable bonds is 11. The molecule has 0 radical (unpaired) electrons. The highest BCUT2D eigenvalue weighted by Crippen LogP contribution is 2.52. The maximum absolute atomic E-state index is 13.8. The number of amides is 1. The fourth-order valence-corrected chi connectivity index (χ4v) is 7.08. The predicted molar refractivity (Wildman–Crippen MR) is 166 cm³/mol. The lowest BCUT2D eigenvalue weighted by Crippen LogP contribution is -2.48. The number of aromatic nitrogens is 2. The summed E-state index contributed by atoms with van der Waals surface area (Å²) in [6.07, 6.45) is -2.99. The van der Waals surface area contributed by atoms with Gasteiger partial charge in [0.05, 0.1) is 40.9 Å². The normalized spacial score (nSPS) is 17.0. The van der Waals surface area contributed by atoms with E-state index >= 15 is 0 Å². The number of nitrogens with one attached hydrogen (secondary N) is 2. The van der Waals surface area contributed by atoms with Gasteiger partial charge in [0.2, 0.25) is 0 Å². The van der Waals surface area contributed by atoms with Crippen LogP contribution in [-0.2, 0) is 25.7 Å². The van der Waals surface area contributed by atoms with Crippen molar-refractivity contribution in [1.29, 1.82) is 0 Å². The number of aryl methyl sites for hydroxylation is 1. The molecule has 9 nitrogen and oxygen atoms in total. The lowest BCUT2D eigenvalue weighted by Gasteiger charge is -2.38. The van der Waals surface area contributed by atoms with Crippen LogP contribution in [0, 0.1) is 0 Å². The van der Waals surface area contributed by atoms with Crippen molar-refractivity contribution in [1.82, 2.24) is 20.4 Å². The lowest BCUT2D eigenvalue weighted by atomic mass is 10.00. The Morgan fingerprint density at radius 1 is 1.07 bits per heavy atom. The second-order valence-corrected chi connectivity index (χ2v) is 13.0. The molecular weight excluding hydrogens is 595 g/mol. The third kappa shape index (κ3) is 7.19. The highest BCUT2D eigenvalue weighted by atomic mass is 32.3. The summed E-state index contributed by atoms with van der Waals surface area (Å²) in [6.45, 7) is 2.98. The van der Waals surface area contributed by atoms with E-state index in [1.807, 2.05) is 37.3 Å². The molecule has 0 aliphatic carbocycles. The number of hydrogen-bond acceptors (Lipinski definition) is 7. The number of fused-ring (bicyclic) bond motifs is 1. The molecule has 13 heteroatoms. The first-order chi connectivity index (χ1) is 21.0. The Bertz CT molecular complexity index is 1600. The zero-order valence-corrected chi connectivity index (χ0v) is 25.0. The van der Waals surface area contributed by atoms with E-state index in [-0.39, 0.29) is 24.4 Å². The molecule has 0 bridgehead atoms. The largest absolute Gasteiger partial charge is 0.416 e. The van der Waals surface area contributed by atoms with Crippen LogP contribution in [0.15, 0.2) is 72.9 Å². The average molecular weight is 632 g/mol. The van der Waals surface area contributed by atoms with E-state index in [1.165, 1.54) is 6.07 Å². The van der Waals surface area contributed by atoms with Crippen molar-refractivity contribution in [2.45, 2.75) is 51.2 Å². The number of aliphatic hydroxyl groups excluding tert-OH is 1. The lowest BCUT2D eigenvalue weighted by molar-refractivity contribution is -0.137. The summed E-state index contributed by atoms with van der Waals surface area (Å²) >= 11 is 0. The molecule has 0 spiro atoms. The zero-order chi connectivity index (χ0) is 31.5. The third-order valence-electron chi connectivity index (χ3n) is 7.72. The second-order valence-electron chi connectivity index (χ2n) is 10.8. The van der Waals surface area contributed by atoms with Crippen molar-refractivity contribution in [3.05, 3.63) is 95.2 Å². The van der Waals surface area contributed by atoms with Crippen LogP contribution >= 0.6 is 10.8 Å². The molecule has 0 unspecified atom stereocenters. The van der Waals surface area contributed by atoms with Gasteiger partial charge in [-0.3, -0.25) is 22.9 Å². The number of nitrogens with zero attached hydrogens (tertiary/aromatic N) is 3. The number of alkyl halides is 3. The fraction of sp³-hybridized carbons (Fsp3) is 0.355. The van der Waals surface area contributed by atoms with Gasteiger partial charge in [-0.05, 0) is 49.1 Å². The maximum atomic E-state index is 13.8. The van der Waals surface area contributed by atoms with Crippen LogP contribution < -0.4 is 14.9 Å². The minimum atomic E-state index is -4.45. The monoisotopic (exact) mass is 631 g/mol. The van der Waals surface area contributed by atoms with E-state index in [9.17, 15) is 32.2 Å². The molecule has 2 heterocycles. The average Bonchev–Trinajstić information content (AvgIpc) is 3.58. The molecule has 1 amide bonds. The highest BCUT2D eigenvalue weighted by Gasteiger charge is 2.32. The molecule has 3 aromatic carbocycles. The van der Waals surface area contributed by atoms with Gasteiger partial charge in [-0.2, -0.15) is 18.3 Å². The summed E-state index contributed by atoms with van der Waals surface area (Å²) in [7, 11) is -3.04. The first kappa shape index (κ1) is 31.8. The maximum Gasteiger partial charge on any atom is 0.416 e. The molecule has 1 saturated heterocycles. The quantitative estimate of drug-likeness (QED) is 0.149. The van der Waals surface area contributed by atoms with Crippen molar-refractivity contribution in [3.63, 3.8) is 0 Å². The molecular formula is C31H36F3N5O4S. The molecule has 4 aromatic rings. The Morgan fingerprint density at radius 3 is 2.50 bits per heavy atom. The topological polar surface area (TPSA) is 123 Å². The molecule has 5 rings (SSSR count). The first-order valence-corrected chi connectivity index (χ1v) is 16.1. The Hall–Kier alpha value is -3.62. The summed E-state index contributed by atoms with van der Waals surface area (Å²) in [4.78, 5) is 13.8. The molecule has 1 aromatic heterocycles. The van der Waals surface area contributed by atoms with Crippen molar-refractivity contribution >= 4 is 33.3 Å². The van der Waals surface area contributed by atoms with Crippen molar-refractivity contribution in [2.75, 3.05) is 23.1 Å². The van der Waals surface area contributed by atoms with Crippen molar-refractivity contribution in [2.24, 2.45) is 0 Å². The summed E-state index contributed by atoms with van der Waals surface area (Å²) in [5.41, 5.74) is 1.99. The number of hydrogen-bond donors (Lipinski definition) is 5. The van der Waals surface area contributed by atoms with Crippen molar-refractivity contribution in [3.8, 4) is 0 Å². The number of halogens is 3. The predicted octanol–water partition coefficient (Wildman–Crippen LogP) is 5.44. The van der Waals surface area contributed by atoms with Gasteiger partial charge in [-0.25, -0.2) is 0 Å². The highest BCUT2D eigenvalue weighted by molar-refractivity contribution is 8.25. The Morgan fingerprint density at radius 2 is 1.82 bits per heavy atom. The Balaban J connectivity index is 1.37. The van der Waals surface area contributed by atoms with Gasteiger partial charge >= 0.3 is 6.18 Å². The van der Waals surface area contributed by atoms with E-state index < -0.39 is 40.6 Å². The molecule has 5 N–H and O–H groups in total. The van der Waals surface area contributed by atoms with Crippen LogP contribution in [0.4, 0.5) is 18.9 Å². The molecule has 2 atom stereocenters. The first-order valence-electron chi connectivity index (χ1n) is 14.4. The minimum absolute atomic E-state index is 0.00952. The summed E-state index contributed by atoms with van der Waals surface area (Å²) in [5, 5.41) is 22.3. The third-order valence-corrected chi connectivity index (χ3v) is 9.64. The van der Waals surface area contributed by atoms with Crippen LogP contribution in [0.3, 0.4) is 0 Å². The van der Waals surface area contributed by atoms with Crippen LogP contribution in [0.1, 0.15) is 40.4 Å². The molecule has 1 fully saturated rings. The van der Waals surface area contributed by atoms with Crippen molar-refractivity contribution < 1.29 is 32.2 Å². The SMILES string of the molecule is CCn1ncc2c(N3CCCS3(O)O)cc(C(=O)N[C@@H](Cc3ccccc3)[C@@H](O)CNCc3cccc(C(F)(F)F)c3)cc21. The smallest absolute Gasteiger partial charge is 0.390 e. The zero-order valence-electron chi connectivity index (χ0n) is 24.2. The number of carbonyl (C=O) groups excluding carboxylic acids is 1. The summed E-state index contributed by atoms with van der Waals surface area (Å²) < 4.78 is 64.0. The summed E-state index contributed by atoms with van der Waals surface area (Å²) in [5.74, 6) is -0.225. The summed E-state index contributed by atoms with van der Waals surface area (Å²) in [6, 6.07) is 16.9. The van der Waals surface area contributed by atoms with Gasteiger partial charge in [0.15, 0.2) is 0 Å². The van der Waals surface area contributed by atoms with Crippen LogP contribution in [-0.4, -0.2) is 60.9 Å². The van der Waals surface area contributed by atoms with E-state index in [0.29, 0.717) is 48.1 Å². The molecule has 236 valence electrons.